The third-order valence-corrected chi connectivity index (χ3v) is 5.68. The number of rotatable bonds is 7. The number of carbonyl (C=O) groups excluding carboxylic acids is 1. The van der Waals surface area contributed by atoms with Gasteiger partial charge in [-0.25, -0.2) is 0 Å². The molecule has 0 bridgehead atoms. The van der Waals surface area contributed by atoms with Gasteiger partial charge in [0.25, 0.3) is 0 Å². The van der Waals surface area contributed by atoms with Crippen LogP contribution in [0.15, 0.2) is 47.6 Å². The summed E-state index contributed by atoms with van der Waals surface area (Å²) in [5, 5.41) is 10.9. The van der Waals surface area contributed by atoms with Crippen molar-refractivity contribution in [2.45, 2.75) is 17.9 Å². The van der Waals surface area contributed by atoms with Gasteiger partial charge in [-0.2, -0.15) is 13.2 Å². The first kappa shape index (κ1) is 23.2. The van der Waals surface area contributed by atoms with E-state index in [0.29, 0.717) is 21.8 Å². The van der Waals surface area contributed by atoms with Crippen LogP contribution in [0.25, 0.3) is 0 Å². The van der Waals surface area contributed by atoms with E-state index in [9.17, 15) is 18.0 Å². The summed E-state index contributed by atoms with van der Waals surface area (Å²) in [4.78, 5) is 12.2. The van der Waals surface area contributed by atoms with Crippen LogP contribution in [0.5, 0.6) is 5.75 Å². The second-order valence-corrected chi connectivity index (χ2v) is 7.93. The number of nitrogens with one attached hydrogen (secondary N) is 1. The molecule has 31 heavy (non-hydrogen) atoms. The number of nitrogens with zero attached hydrogens (tertiary/aromatic N) is 3. The molecule has 0 radical (unpaired) electrons. The van der Waals surface area contributed by atoms with Gasteiger partial charge in [0.2, 0.25) is 5.91 Å². The zero-order valence-corrected chi connectivity index (χ0v) is 18.2. The fourth-order valence-corrected chi connectivity index (χ4v) is 3.64. The average molecular weight is 491 g/mol. The Morgan fingerprint density at radius 1 is 1.13 bits per heavy atom. The van der Waals surface area contributed by atoms with Gasteiger partial charge >= 0.3 is 6.18 Å². The summed E-state index contributed by atoms with van der Waals surface area (Å²) in [6.07, 6.45) is -4.65. The molecule has 3 aromatic rings. The van der Waals surface area contributed by atoms with Crippen LogP contribution >= 0.6 is 35.0 Å². The van der Waals surface area contributed by atoms with Crippen molar-refractivity contribution in [2.24, 2.45) is 7.05 Å². The molecule has 1 amide bonds. The Morgan fingerprint density at radius 2 is 1.84 bits per heavy atom. The van der Waals surface area contributed by atoms with Gasteiger partial charge in [-0.15, -0.1) is 10.2 Å². The number of amides is 1. The molecule has 0 fully saturated rings. The molecule has 6 nitrogen and oxygen atoms in total. The molecule has 1 heterocycles. The maximum atomic E-state index is 13.1. The smallest absolute Gasteiger partial charge is 0.418 e. The van der Waals surface area contributed by atoms with Crippen molar-refractivity contribution in [2.75, 3.05) is 11.1 Å². The lowest BCUT2D eigenvalue weighted by Gasteiger charge is -2.15. The number of hydrogen-bond acceptors (Lipinski definition) is 5. The van der Waals surface area contributed by atoms with Gasteiger partial charge in [-0.1, -0.05) is 53.2 Å². The number of aromatic nitrogens is 3. The van der Waals surface area contributed by atoms with Gasteiger partial charge in [0, 0.05) is 7.05 Å². The predicted octanol–water partition coefficient (Wildman–Crippen LogP) is 5.45. The van der Waals surface area contributed by atoms with Gasteiger partial charge in [-0.05, 0) is 24.3 Å². The van der Waals surface area contributed by atoms with Gasteiger partial charge in [0.05, 0.1) is 27.0 Å². The van der Waals surface area contributed by atoms with Crippen molar-refractivity contribution in [1.82, 2.24) is 14.8 Å². The lowest BCUT2D eigenvalue weighted by molar-refractivity contribution is -0.137. The molecule has 1 N–H and O–H groups in total. The number of halogens is 5. The highest BCUT2D eigenvalue weighted by Gasteiger charge is 2.34. The van der Waals surface area contributed by atoms with E-state index in [0.717, 1.165) is 17.8 Å². The van der Waals surface area contributed by atoms with Crippen LogP contribution in [0.1, 0.15) is 11.4 Å². The van der Waals surface area contributed by atoms with E-state index >= 15 is 0 Å². The molecule has 0 saturated heterocycles. The van der Waals surface area contributed by atoms with Crippen LogP contribution in [0.2, 0.25) is 10.0 Å². The second-order valence-electron chi connectivity index (χ2n) is 6.17. The lowest BCUT2D eigenvalue weighted by atomic mass is 10.1. The summed E-state index contributed by atoms with van der Waals surface area (Å²) < 4.78 is 46.7. The van der Waals surface area contributed by atoms with Gasteiger partial charge in [0.1, 0.15) is 12.4 Å². The number of ether oxygens (including phenoxy) is 1. The minimum atomic E-state index is -4.65. The maximum Gasteiger partial charge on any atom is 0.418 e. The predicted molar refractivity (Wildman–Crippen MR) is 113 cm³/mol. The SMILES string of the molecule is Cn1c(COc2ccccc2Cl)nnc1SCC(=O)Nc1c(Cl)cccc1C(F)(F)F. The largest absolute Gasteiger partial charge is 0.484 e. The monoisotopic (exact) mass is 490 g/mol. The highest BCUT2D eigenvalue weighted by molar-refractivity contribution is 7.99. The van der Waals surface area contributed by atoms with Crippen LogP contribution in [0.3, 0.4) is 0 Å². The molecule has 0 aliphatic carbocycles. The van der Waals surface area contributed by atoms with Crippen LogP contribution in [-0.4, -0.2) is 26.4 Å². The molecule has 12 heteroatoms. The van der Waals surface area contributed by atoms with Crippen molar-refractivity contribution in [3.63, 3.8) is 0 Å². The summed E-state index contributed by atoms with van der Waals surface area (Å²) in [7, 11) is 1.68. The Balaban J connectivity index is 1.61. The fraction of sp³-hybridized carbons (Fsp3) is 0.211. The number of benzene rings is 2. The van der Waals surface area contributed by atoms with E-state index < -0.39 is 23.3 Å². The molecule has 3 rings (SSSR count). The van der Waals surface area contributed by atoms with Gasteiger partial charge in [-0.3, -0.25) is 4.79 Å². The average Bonchev–Trinajstić information content (AvgIpc) is 3.06. The summed E-state index contributed by atoms with van der Waals surface area (Å²) in [6.45, 7) is 0.0918. The van der Waals surface area contributed by atoms with E-state index in [2.05, 4.69) is 15.5 Å². The number of alkyl halides is 3. The second kappa shape index (κ2) is 9.80. The van der Waals surface area contributed by atoms with Crippen LogP contribution in [0, 0.1) is 0 Å². The number of anilines is 1. The van der Waals surface area contributed by atoms with E-state index in [1.165, 1.54) is 12.1 Å². The van der Waals surface area contributed by atoms with E-state index in [4.69, 9.17) is 27.9 Å². The molecule has 1 aromatic heterocycles. The van der Waals surface area contributed by atoms with Crippen molar-refractivity contribution in [3.05, 3.63) is 63.9 Å². The standard InChI is InChI=1S/C19H15Cl2F3N4O2S/c1-28-15(9-30-14-8-3-2-6-12(14)20)26-27-18(28)31-10-16(29)25-17-11(19(22,23)24)5-4-7-13(17)21/h2-8H,9-10H2,1H3,(H,25,29). The molecule has 0 unspecified atom stereocenters. The number of hydrogen-bond donors (Lipinski definition) is 1. The molecular formula is C19H15Cl2F3N4O2S. The minimum absolute atomic E-state index is 0.0918. The van der Waals surface area contributed by atoms with Crippen LogP contribution < -0.4 is 10.1 Å². The first-order chi connectivity index (χ1) is 14.7. The number of para-hydroxylation sites is 2. The Morgan fingerprint density at radius 3 is 2.55 bits per heavy atom. The van der Waals surface area contributed by atoms with Crippen molar-refractivity contribution >= 4 is 46.6 Å². The maximum absolute atomic E-state index is 13.1. The Hall–Kier alpha value is -2.43. The van der Waals surface area contributed by atoms with E-state index in [-0.39, 0.29) is 17.4 Å². The Kier molecular flexibility index (Phi) is 7.34. The third kappa shape index (κ3) is 5.84. The first-order valence-corrected chi connectivity index (χ1v) is 10.4. The third-order valence-electron chi connectivity index (χ3n) is 4.03. The highest BCUT2D eigenvalue weighted by Crippen LogP contribution is 2.38. The fourth-order valence-electron chi connectivity index (χ4n) is 2.49. The zero-order chi connectivity index (χ0) is 22.6. The van der Waals surface area contributed by atoms with Crippen molar-refractivity contribution < 1.29 is 22.7 Å². The molecule has 164 valence electrons. The normalized spacial score (nSPS) is 11.4. The summed E-state index contributed by atoms with van der Waals surface area (Å²) >= 11 is 12.9. The van der Waals surface area contributed by atoms with Crippen molar-refractivity contribution in [1.29, 1.82) is 0 Å². The zero-order valence-electron chi connectivity index (χ0n) is 15.9. The summed E-state index contributed by atoms with van der Waals surface area (Å²) in [6, 6.07) is 10.2. The quantitative estimate of drug-likeness (QED) is 0.446. The van der Waals surface area contributed by atoms with Gasteiger partial charge in [0.15, 0.2) is 11.0 Å². The molecule has 0 atom stereocenters. The summed E-state index contributed by atoms with van der Waals surface area (Å²) in [5.41, 5.74) is -1.50. The summed E-state index contributed by atoms with van der Waals surface area (Å²) in [5.74, 6) is 0.106. The van der Waals surface area contributed by atoms with E-state index in [1.807, 2.05) is 0 Å². The van der Waals surface area contributed by atoms with Gasteiger partial charge < -0.3 is 14.6 Å². The molecule has 0 saturated carbocycles. The van der Waals surface area contributed by atoms with Crippen molar-refractivity contribution in [3.8, 4) is 5.75 Å². The first-order valence-electron chi connectivity index (χ1n) is 8.70. The Labute approximate surface area is 189 Å². The number of carbonyl (C=O) groups is 1. The highest BCUT2D eigenvalue weighted by atomic mass is 35.5. The molecule has 0 aliphatic rings. The molecular weight excluding hydrogens is 476 g/mol. The minimum Gasteiger partial charge on any atom is -0.484 e. The topological polar surface area (TPSA) is 69.0 Å². The van der Waals surface area contributed by atoms with Crippen LogP contribution in [-0.2, 0) is 24.6 Å². The molecule has 0 spiro atoms. The lowest BCUT2D eigenvalue weighted by Crippen LogP contribution is -2.18. The molecule has 0 aliphatic heterocycles. The molecule has 2 aromatic carbocycles. The number of thioether (sulfide) groups is 1. The van der Waals surface area contributed by atoms with E-state index in [1.54, 1.807) is 35.9 Å². The Bertz CT molecular complexity index is 1090. The van der Waals surface area contributed by atoms with Crippen LogP contribution in [0.4, 0.5) is 18.9 Å².